The molecule has 0 aromatic heterocycles. The lowest BCUT2D eigenvalue weighted by molar-refractivity contribution is 0.125. The van der Waals surface area contributed by atoms with E-state index in [0.717, 1.165) is 35.7 Å². The lowest BCUT2D eigenvalue weighted by Crippen LogP contribution is -2.17. The van der Waals surface area contributed by atoms with Gasteiger partial charge >= 0.3 is 0 Å². The molecule has 0 saturated heterocycles. The van der Waals surface area contributed by atoms with Gasteiger partial charge in [0.25, 0.3) is 0 Å². The van der Waals surface area contributed by atoms with E-state index in [4.69, 9.17) is 16.4 Å². The molecule has 3 nitrogen and oxygen atoms in total. The normalized spacial score (nSPS) is 12.3. The van der Waals surface area contributed by atoms with Crippen LogP contribution in [0.25, 0.3) is 6.08 Å². The van der Waals surface area contributed by atoms with Crippen molar-refractivity contribution < 1.29 is 4.84 Å². The van der Waals surface area contributed by atoms with Crippen molar-refractivity contribution in [1.29, 1.82) is 0 Å². The van der Waals surface area contributed by atoms with Crippen LogP contribution >= 0.6 is 11.6 Å². The van der Waals surface area contributed by atoms with Gasteiger partial charge < -0.3 is 9.74 Å². The Morgan fingerprint density at radius 2 is 2.00 bits per heavy atom. The van der Waals surface area contributed by atoms with Gasteiger partial charge in [-0.05, 0) is 44.3 Å². The maximum Gasteiger partial charge on any atom is 0.129 e. The third-order valence-electron chi connectivity index (χ3n) is 2.66. The average molecular weight is 295 g/mol. The monoisotopic (exact) mass is 294 g/mol. The SMILES string of the molecule is CCC/C(C=Cc1ccc(Cl)cc1)=N\OCCN(C)C. The van der Waals surface area contributed by atoms with Crippen LogP contribution in [0.3, 0.4) is 0 Å². The van der Waals surface area contributed by atoms with Crippen molar-refractivity contribution in [2.75, 3.05) is 27.2 Å². The minimum atomic E-state index is 0.606. The fourth-order valence-electron chi connectivity index (χ4n) is 1.53. The molecule has 0 saturated carbocycles. The minimum absolute atomic E-state index is 0.606. The van der Waals surface area contributed by atoms with E-state index in [0.29, 0.717) is 6.61 Å². The predicted octanol–water partition coefficient (Wildman–Crippen LogP) is 4.09. The molecule has 1 rings (SSSR count). The van der Waals surface area contributed by atoms with E-state index in [9.17, 15) is 0 Å². The van der Waals surface area contributed by atoms with E-state index >= 15 is 0 Å². The van der Waals surface area contributed by atoms with Crippen molar-refractivity contribution >= 4 is 23.4 Å². The number of hydrogen-bond acceptors (Lipinski definition) is 3. The number of nitrogens with zero attached hydrogens (tertiary/aromatic N) is 2. The molecule has 0 heterocycles. The number of rotatable bonds is 8. The molecule has 20 heavy (non-hydrogen) atoms. The molecular formula is C16H23ClN2O. The van der Waals surface area contributed by atoms with E-state index < -0.39 is 0 Å². The molecule has 0 spiro atoms. The Hall–Kier alpha value is -1.32. The number of allylic oxidation sites excluding steroid dienone is 1. The van der Waals surface area contributed by atoms with Crippen molar-refractivity contribution in [2.24, 2.45) is 5.16 Å². The molecule has 0 aliphatic carbocycles. The number of likely N-dealkylation sites (N-methyl/N-ethyl adjacent to an activating group) is 1. The molecular weight excluding hydrogens is 272 g/mol. The number of hydrogen-bond donors (Lipinski definition) is 0. The summed E-state index contributed by atoms with van der Waals surface area (Å²) in [5, 5.41) is 4.94. The average Bonchev–Trinajstić information content (AvgIpc) is 2.42. The molecule has 1 aromatic rings. The first-order chi connectivity index (χ1) is 9.61. The molecule has 110 valence electrons. The van der Waals surface area contributed by atoms with Crippen molar-refractivity contribution in [1.82, 2.24) is 4.90 Å². The molecule has 1 aromatic carbocycles. The highest BCUT2D eigenvalue weighted by atomic mass is 35.5. The maximum absolute atomic E-state index is 5.86. The van der Waals surface area contributed by atoms with Crippen LogP contribution in [0.1, 0.15) is 25.3 Å². The zero-order valence-corrected chi connectivity index (χ0v) is 13.2. The van der Waals surface area contributed by atoms with Crippen LogP contribution in [-0.4, -0.2) is 37.9 Å². The van der Waals surface area contributed by atoms with Gasteiger partial charge in [0.05, 0.1) is 5.71 Å². The summed E-state index contributed by atoms with van der Waals surface area (Å²) < 4.78 is 0. The second-order valence-corrected chi connectivity index (χ2v) is 5.29. The van der Waals surface area contributed by atoms with Crippen molar-refractivity contribution in [3.63, 3.8) is 0 Å². The molecule has 0 fully saturated rings. The van der Waals surface area contributed by atoms with E-state index in [1.165, 1.54) is 0 Å². The lowest BCUT2D eigenvalue weighted by Gasteiger charge is -2.08. The van der Waals surface area contributed by atoms with Crippen LogP contribution < -0.4 is 0 Å². The van der Waals surface area contributed by atoms with Crippen LogP contribution in [0.2, 0.25) is 5.02 Å². The predicted molar refractivity (Wildman–Crippen MR) is 87.3 cm³/mol. The summed E-state index contributed by atoms with van der Waals surface area (Å²) in [7, 11) is 4.03. The van der Waals surface area contributed by atoms with E-state index in [1.807, 2.05) is 50.5 Å². The summed E-state index contributed by atoms with van der Waals surface area (Å²) in [6, 6.07) is 7.72. The van der Waals surface area contributed by atoms with E-state index in [2.05, 4.69) is 17.0 Å². The maximum atomic E-state index is 5.86. The van der Waals surface area contributed by atoms with Gasteiger partial charge in [-0.15, -0.1) is 0 Å². The first-order valence-electron chi connectivity index (χ1n) is 6.89. The van der Waals surface area contributed by atoms with Crippen molar-refractivity contribution in [3.05, 3.63) is 40.9 Å². The van der Waals surface area contributed by atoms with Crippen molar-refractivity contribution in [2.45, 2.75) is 19.8 Å². The van der Waals surface area contributed by atoms with Gasteiger partial charge in [0.2, 0.25) is 0 Å². The fourth-order valence-corrected chi connectivity index (χ4v) is 1.66. The van der Waals surface area contributed by atoms with Crippen LogP contribution in [-0.2, 0) is 4.84 Å². The highest BCUT2D eigenvalue weighted by molar-refractivity contribution is 6.30. The van der Waals surface area contributed by atoms with Gasteiger partial charge in [0.1, 0.15) is 6.61 Å². The molecule has 0 amide bonds. The number of oxime groups is 1. The molecule has 4 heteroatoms. The summed E-state index contributed by atoms with van der Waals surface area (Å²) in [4.78, 5) is 7.41. The summed E-state index contributed by atoms with van der Waals surface area (Å²) in [6.07, 6.45) is 5.98. The Labute approximate surface area is 126 Å². The minimum Gasteiger partial charge on any atom is -0.394 e. The zero-order chi connectivity index (χ0) is 14.8. The second kappa shape index (κ2) is 9.56. The number of benzene rings is 1. The summed E-state index contributed by atoms with van der Waals surface area (Å²) in [5.74, 6) is 0. The highest BCUT2D eigenvalue weighted by Gasteiger charge is 1.96. The van der Waals surface area contributed by atoms with Crippen molar-refractivity contribution in [3.8, 4) is 0 Å². The fraction of sp³-hybridized carbons (Fsp3) is 0.438. The van der Waals surface area contributed by atoms with Crippen LogP contribution in [0.15, 0.2) is 35.5 Å². The van der Waals surface area contributed by atoms with E-state index in [-0.39, 0.29) is 0 Å². The van der Waals surface area contributed by atoms with Gasteiger partial charge in [-0.25, -0.2) is 0 Å². The van der Waals surface area contributed by atoms with Crippen LogP contribution in [0.5, 0.6) is 0 Å². The molecule has 0 aliphatic rings. The Balaban J connectivity index is 2.56. The van der Waals surface area contributed by atoms with Crippen LogP contribution in [0, 0.1) is 0 Å². The Morgan fingerprint density at radius 1 is 1.30 bits per heavy atom. The van der Waals surface area contributed by atoms with E-state index in [1.54, 1.807) is 0 Å². The highest BCUT2D eigenvalue weighted by Crippen LogP contribution is 2.11. The van der Waals surface area contributed by atoms with Gasteiger partial charge in [0, 0.05) is 11.6 Å². The van der Waals surface area contributed by atoms with Gasteiger partial charge in [-0.3, -0.25) is 0 Å². The Morgan fingerprint density at radius 3 is 2.60 bits per heavy atom. The number of halogens is 1. The van der Waals surface area contributed by atoms with Gasteiger partial charge in [0.15, 0.2) is 0 Å². The molecule has 0 unspecified atom stereocenters. The smallest absolute Gasteiger partial charge is 0.129 e. The quantitative estimate of drug-likeness (QED) is 0.410. The van der Waals surface area contributed by atoms with Gasteiger partial charge in [-0.1, -0.05) is 48.3 Å². The first-order valence-corrected chi connectivity index (χ1v) is 7.27. The lowest BCUT2D eigenvalue weighted by atomic mass is 10.1. The topological polar surface area (TPSA) is 24.8 Å². The summed E-state index contributed by atoms with van der Waals surface area (Å²) in [6.45, 7) is 3.60. The standard InChI is InChI=1S/C16H23ClN2O/c1-4-5-16(18-20-13-12-19(2)3)11-8-14-6-9-15(17)10-7-14/h6-11H,4-5,12-13H2,1-3H3/b11-8?,18-16+. The first kappa shape index (κ1) is 16.7. The largest absolute Gasteiger partial charge is 0.394 e. The molecule has 0 bridgehead atoms. The van der Waals surface area contributed by atoms with Crippen LogP contribution in [0.4, 0.5) is 0 Å². The van der Waals surface area contributed by atoms with Gasteiger partial charge in [-0.2, -0.15) is 0 Å². The molecule has 0 atom stereocenters. The molecule has 0 aliphatic heterocycles. The third kappa shape index (κ3) is 7.31. The Kier molecular flexibility index (Phi) is 8.00. The third-order valence-corrected chi connectivity index (χ3v) is 2.91. The second-order valence-electron chi connectivity index (χ2n) is 4.85. The Bertz CT molecular complexity index is 438. The summed E-state index contributed by atoms with van der Waals surface area (Å²) >= 11 is 5.86. The summed E-state index contributed by atoms with van der Waals surface area (Å²) in [5.41, 5.74) is 2.06. The molecule has 0 N–H and O–H groups in total. The molecule has 0 radical (unpaired) electrons. The zero-order valence-electron chi connectivity index (χ0n) is 12.5.